The molecule has 0 radical (unpaired) electrons. The molecule has 0 unspecified atom stereocenters. The summed E-state index contributed by atoms with van der Waals surface area (Å²) in [6, 6.07) is 2.37. The van der Waals surface area contributed by atoms with Gasteiger partial charge in [0.1, 0.15) is 6.10 Å². The summed E-state index contributed by atoms with van der Waals surface area (Å²) in [5.74, 6) is -0.654. The second-order valence-electron chi connectivity index (χ2n) is 6.34. The summed E-state index contributed by atoms with van der Waals surface area (Å²) in [5.41, 5.74) is 0.924. The number of nitrogens with zero attached hydrogens (tertiary/aromatic N) is 2. The van der Waals surface area contributed by atoms with E-state index in [9.17, 15) is 12.8 Å². The van der Waals surface area contributed by atoms with Gasteiger partial charge in [-0.25, -0.2) is 22.5 Å². The molecule has 2 heterocycles. The highest BCUT2D eigenvalue weighted by Gasteiger charge is 2.30. The number of sulfonamides is 1. The number of rotatable bonds is 5. The summed E-state index contributed by atoms with van der Waals surface area (Å²) in [7, 11) is -0.662. The lowest BCUT2D eigenvalue weighted by Crippen LogP contribution is -2.40. The SMILES string of the molecule is COc1ccc(S(=O)(=O)N[C@H]2CCO[C@H](c3cncn3C)C2)c(C)c1F. The highest BCUT2D eigenvalue weighted by molar-refractivity contribution is 7.89. The number of hydrogen-bond donors (Lipinski definition) is 1. The third-order valence-corrected chi connectivity index (χ3v) is 6.27. The van der Waals surface area contributed by atoms with Crippen molar-refractivity contribution in [3.8, 4) is 5.75 Å². The molecule has 1 aliphatic heterocycles. The fourth-order valence-corrected chi connectivity index (χ4v) is 4.68. The monoisotopic (exact) mass is 383 g/mol. The molecule has 1 fully saturated rings. The zero-order valence-electron chi connectivity index (χ0n) is 14.9. The topological polar surface area (TPSA) is 82.5 Å². The quantitative estimate of drug-likeness (QED) is 0.855. The predicted molar refractivity (Wildman–Crippen MR) is 92.9 cm³/mol. The van der Waals surface area contributed by atoms with Crippen LogP contribution in [0.4, 0.5) is 4.39 Å². The van der Waals surface area contributed by atoms with Crippen LogP contribution in [0.5, 0.6) is 5.75 Å². The van der Waals surface area contributed by atoms with E-state index in [1.165, 1.54) is 26.2 Å². The average Bonchev–Trinajstić information content (AvgIpc) is 3.03. The fraction of sp³-hybridized carbons (Fsp3) is 0.471. The van der Waals surface area contributed by atoms with E-state index < -0.39 is 15.8 Å². The lowest BCUT2D eigenvalue weighted by atomic mass is 10.0. The fourth-order valence-electron chi connectivity index (χ4n) is 3.16. The van der Waals surface area contributed by atoms with Gasteiger partial charge in [0.25, 0.3) is 0 Å². The average molecular weight is 383 g/mol. The minimum Gasteiger partial charge on any atom is -0.494 e. The van der Waals surface area contributed by atoms with Gasteiger partial charge in [-0.3, -0.25) is 0 Å². The largest absolute Gasteiger partial charge is 0.494 e. The highest BCUT2D eigenvalue weighted by Crippen LogP contribution is 2.30. The molecule has 1 saturated heterocycles. The second-order valence-corrected chi connectivity index (χ2v) is 8.02. The lowest BCUT2D eigenvalue weighted by Gasteiger charge is -2.30. The molecule has 2 aromatic rings. The van der Waals surface area contributed by atoms with E-state index in [4.69, 9.17) is 9.47 Å². The Kier molecular flexibility index (Phi) is 5.31. The molecule has 0 saturated carbocycles. The first kappa shape index (κ1) is 18.8. The van der Waals surface area contributed by atoms with Crippen LogP contribution in [0.25, 0.3) is 0 Å². The molecule has 1 aromatic carbocycles. The van der Waals surface area contributed by atoms with Crippen LogP contribution in [-0.4, -0.2) is 37.7 Å². The number of aromatic nitrogens is 2. The highest BCUT2D eigenvalue weighted by atomic mass is 32.2. The molecule has 1 aliphatic rings. The molecule has 7 nitrogen and oxygen atoms in total. The van der Waals surface area contributed by atoms with Crippen molar-refractivity contribution >= 4 is 10.0 Å². The van der Waals surface area contributed by atoms with Gasteiger partial charge in [0, 0.05) is 25.3 Å². The first-order valence-electron chi connectivity index (χ1n) is 8.26. The molecule has 1 N–H and O–H groups in total. The van der Waals surface area contributed by atoms with E-state index in [-0.39, 0.29) is 28.4 Å². The molecule has 3 rings (SSSR count). The van der Waals surface area contributed by atoms with Crippen molar-refractivity contribution in [1.82, 2.24) is 14.3 Å². The van der Waals surface area contributed by atoms with E-state index >= 15 is 0 Å². The molecular formula is C17H22FN3O4S. The molecule has 0 spiro atoms. The second kappa shape index (κ2) is 7.34. The lowest BCUT2D eigenvalue weighted by molar-refractivity contribution is -0.0000462. The molecule has 2 atom stereocenters. The minimum absolute atomic E-state index is 0.0174. The van der Waals surface area contributed by atoms with Crippen LogP contribution in [-0.2, 0) is 21.8 Å². The zero-order valence-corrected chi connectivity index (χ0v) is 15.7. The van der Waals surface area contributed by atoms with E-state index in [1.807, 2.05) is 11.6 Å². The standard InChI is InChI=1S/C17H22FN3O4S/c1-11-16(5-4-14(24-3)17(11)18)26(22,23)20-12-6-7-25-15(8-12)13-9-19-10-21(13)2/h4-5,9-10,12,15,20H,6-8H2,1-3H3/t12-,15-/m0/s1. The molecule has 0 amide bonds. The Bertz CT molecular complexity index is 897. The van der Waals surface area contributed by atoms with Crippen LogP contribution in [0.3, 0.4) is 0 Å². The third kappa shape index (κ3) is 3.60. The van der Waals surface area contributed by atoms with Crippen LogP contribution in [0, 0.1) is 12.7 Å². The smallest absolute Gasteiger partial charge is 0.241 e. The van der Waals surface area contributed by atoms with Gasteiger partial charge in [-0.15, -0.1) is 0 Å². The maximum atomic E-state index is 14.2. The Morgan fingerprint density at radius 1 is 1.42 bits per heavy atom. The van der Waals surface area contributed by atoms with Crippen LogP contribution >= 0.6 is 0 Å². The van der Waals surface area contributed by atoms with Crippen molar-refractivity contribution in [2.45, 2.75) is 36.8 Å². The van der Waals surface area contributed by atoms with Gasteiger partial charge in [-0.05, 0) is 31.9 Å². The van der Waals surface area contributed by atoms with Crippen molar-refractivity contribution in [1.29, 1.82) is 0 Å². The van der Waals surface area contributed by atoms with Crippen LogP contribution in [0.15, 0.2) is 29.6 Å². The van der Waals surface area contributed by atoms with Gasteiger partial charge in [0.05, 0.1) is 30.2 Å². The van der Waals surface area contributed by atoms with E-state index in [2.05, 4.69) is 9.71 Å². The molecule has 0 aliphatic carbocycles. The molecule has 26 heavy (non-hydrogen) atoms. The molecule has 142 valence electrons. The Morgan fingerprint density at radius 2 is 2.19 bits per heavy atom. The number of benzene rings is 1. The summed E-state index contributed by atoms with van der Waals surface area (Å²) < 4.78 is 54.9. The summed E-state index contributed by atoms with van der Waals surface area (Å²) >= 11 is 0. The molecule has 0 bridgehead atoms. The minimum atomic E-state index is -3.86. The van der Waals surface area contributed by atoms with Crippen molar-refractivity contribution in [2.75, 3.05) is 13.7 Å². The Labute approximate surface area is 152 Å². The number of ether oxygens (including phenoxy) is 2. The maximum absolute atomic E-state index is 14.2. The Morgan fingerprint density at radius 3 is 2.85 bits per heavy atom. The van der Waals surface area contributed by atoms with Gasteiger partial charge < -0.3 is 14.0 Å². The number of hydrogen-bond acceptors (Lipinski definition) is 5. The summed E-state index contributed by atoms with van der Waals surface area (Å²) in [5, 5.41) is 0. The number of nitrogens with one attached hydrogen (secondary N) is 1. The van der Waals surface area contributed by atoms with E-state index in [0.29, 0.717) is 19.4 Å². The van der Waals surface area contributed by atoms with E-state index in [0.717, 1.165) is 5.69 Å². The van der Waals surface area contributed by atoms with Gasteiger partial charge in [0.15, 0.2) is 11.6 Å². The van der Waals surface area contributed by atoms with Gasteiger partial charge in [0.2, 0.25) is 10.0 Å². The normalized spacial score (nSPS) is 20.9. The Hall–Kier alpha value is -1.97. The maximum Gasteiger partial charge on any atom is 0.241 e. The van der Waals surface area contributed by atoms with Crippen molar-refractivity contribution in [3.63, 3.8) is 0 Å². The number of imidazole rings is 1. The van der Waals surface area contributed by atoms with Crippen LogP contribution < -0.4 is 9.46 Å². The molecule has 9 heteroatoms. The summed E-state index contributed by atoms with van der Waals surface area (Å²) in [6.07, 6.45) is 4.18. The molecule has 1 aromatic heterocycles. The number of methoxy groups -OCH3 is 1. The third-order valence-electron chi connectivity index (χ3n) is 4.60. The van der Waals surface area contributed by atoms with Crippen LogP contribution in [0.1, 0.15) is 30.2 Å². The van der Waals surface area contributed by atoms with Gasteiger partial charge >= 0.3 is 0 Å². The van der Waals surface area contributed by atoms with Crippen molar-refractivity contribution in [3.05, 3.63) is 41.7 Å². The summed E-state index contributed by atoms with van der Waals surface area (Å²) in [4.78, 5) is 3.99. The molecular weight excluding hydrogens is 361 g/mol. The van der Waals surface area contributed by atoms with Crippen LogP contribution in [0.2, 0.25) is 0 Å². The first-order valence-corrected chi connectivity index (χ1v) is 9.75. The van der Waals surface area contributed by atoms with Crippen molar-refractivity contribution < 1.29 is 22.3 Å². The van der Waals surface area contributed by atoms with Crippen molar-refractivity contribution in [2.24, 2.45) is 7.05 Å². The Balaban J connectivity index is 1.79. The van der Waals surface area contributed by atoms with Gasteiger partial charge in [-0.1, -0.05) is 0 Å². The first-order chi connectivity index (χ1) is 12.3. The predicted octanol–water partition coefficient (Wildman–Crippen LogP) is 2.07. The number of halogens is 1. The van der Waals surface area contributed by atoms with E-state index in [1.54, 1.807) is 12.5 Å². The number of aryl methyl sites for hydroxylation is 1. The van der Waals surface area contributed by atoms with Gasteiger partial charge in [-0.2, -0.15) is 0 Å². The summed E-state index contributed by atoms with van der Waals surface area (Å²) in [6.45, 7) is 1.85. The zero-order chi connectivity index (χ0) is 18.9.